The lowest BCUT2D eigenvalue weighted by atomic mass is 10.1. The lowest BCUT2D eigenvalue weighted by Gasteiger charge is -2.10. The number of halogens is 1. The number of carboxylic acids is 1. The molecule has 5 heteroatoms. The van der Waals surface area contributed by atoms with Crippen molar-refractivity contribution in [2.45, 2.75) is 19.3 Å². The molecule has 3 rings (SSSR count). The maximum Gasteiger partial charge on any atom is 0.341 e. The van der Waals surface area contributed by atoms with E-state index in [0.717, 1.165) is 35.0 Å². The third-order valence-electron chi connectivity index (χ3n) is 3.26. The molecular weight excluding hydrogens is 322 g/mol. The van der Waals surface area contributed by atoms with Crippen LogP contribution in [0.15, 0.2) is 34.8 Å². The normalized spacial score (nSPS) is 13.1. The van der Waals surface area contributed by atoms with Gasteiger partial charge in [0.25, 0.3) is 0 Å². The monoisotopic (exact) mass is 333 g/mol. The van der Waals surface area contributed by atoms with Gasteiger partial charge in [-0.3, -0.25) is 0 Å². The van der Waals surface area contributed by atoms with Crippen LogP contribution in [0.3, 0.4) is 0 Å². The smallest absolute Gasteiger partial charge is 0.341 e. The number of rotatable bonds is 3. The summed E-state index contributed by atoms with van der Waals surface area (Å²) in [4.78, 5) is 15.7. The summed E-state index contributed by atoms with van der Waals surface area (Å²) in [5, 5.41) is 9.30. The fourth-order valence-electron chi connectivity index (χ4n) is 2.33. The van der Waals surface area contributed by atoms with E-state index in [-0.39, 0.29) is 11.4 Å². The zero-order valence-corrected chi connectivity index (χ0v) is 12.2. The van der Waals surface area contributed by atoms with Crippen LogP contribution in [0.2, 0.25) is 0 Å². The highest BCUT2D eigenvalue weighted by Gasteiger charge is 2.21. The first-order valence-electron chi connectivity index (χ1n) is 6.33. The topological polar surface area (TPSA) is 59.4 Å². The number of aromatic nitrogens is 1. The van der Waals surface area contributed by atoms with Gasteiger partial charge < -0.3 is 9.84 Å². The molecule has 102 valence electrons. The molecule has 0 saturated carbocycles. The third-order valence-corrected chi connectivity index (χ3v) is 3.75. The van der Waals surface area contributed by atoms with Gasteiger partial charge in [0.1, 0.15) is 11.3 Å². The van der Waals surface area contributed by atoms with Crippen molar-refractivity contribution in [3.05, 3.63) is 51.6 Å². The molecule has 1 N–H and O–H groups in total. The predicted molar refractivity (Wildman–Crippen MR) is 77.4 cm³/mol. The van der Waals surface area contributed by atoms with Crippen LogP contribution in [0, 0.1) is 0 Å². The molecule has 0 bridgehead atoms. The third kappa shape index (κ3) is 2.54. The van der Waals surface area contributed by atoms with Crippen molar-refractivity contribution in [3.8, 4) is 11.6 Å². The number of ether oxygens (including phenoxy) is 1. The van der Waals surface area contributed by atoms with Crippen molar-refractivity contribution in [2.24, 2.45) is 0 Å². The van der Waals surface area contributed by atoms with Crippen molar-refractivity contribution in [3.63, 3.8) is 0 Å². The molecule has 0 atom stereocenters. The van der Waals surface area contributed by atoms with Crippen molar-refractivity contribution in [1.82, 2.24) is 4.98 Å². The Kier molecular flexibility index (Phi) is 3.44. The van der Waals surface area contributed by atoms with Gasteiger partial charge in [-0.2, -0.15) is 0 Å². The number of aryl methyl sites for hydroxylation is 2. The van der Waals surface area contributed by atoms with Gasteiger partial charge in [-0.15, -0.1) is 0 Å². The van der Waals surface area contributed by atoms with Gasteiger partial charge in [0.2, 0.25) is 5.88 Å². The van der Waals surface area contributed by atoms with E-state index in [4.69, 9.17) is 4.74 Å². The number of hydrogen-bond acceptors (Lipinski definition) is 3. The van der Waals surface area contributed by atoms with Crippen molar-refractivity contribution < 1.29 is 14.6 Å². The number of aromatic carboxylic acids is 1. The maximum absolute atomic E-state index is 11.3. The summed E-state index contributed by atoms with van der Waals surface area (Å²) in [6.45, 7) is 0. The van der Waals surface area contributed by atoms with E-state index in [1.54, 1.807) is 18.2 Å². The van der Waals surface area contributed by atoms with Gasteiger partial charge in [-0.1, -0.05) is 22.0 Å². The zero-order chi connectivity index (χ0) is 14.1. The Morgan fingerprint density at radius 2 is 2.15 bits per heavy atom. The average Bonchev–Trinajstić information content (AvgIpc) is 2.84. The van der Waals surface area contributed by atoms with E-state index in [1.807, 2.05) is 12.1 Å². The molecule has 0 aliphatic heterocycles. The molecule has 0 amide bonds. The van der Waals surface area contributed by atoms with Crippen molar-refractivity contribution in [1.29, 1.82) is 0 Å². The fraction of sp³-hybridized carbons (Fsp3) is 0.200. The zero-order valence-electron chi connectivity index (χ0n) is 10.6. The van der Waals surface area contributed by atoms with Crippen LogP contribution in [0.5, 0.6) is 11.6 Å². The Hall–Kier alpha value is -1.88. The highest BCUT2D eigenvalue weighted by atomic mass is 79.9. The van der Waals surface area contributed by atoms with Gasteiger partial charge >= 0.3 is 5.97 Å². The number of hydrogen-bond donors (Lipinski definition) is 1. The molecule has 1 aromatic carbocycles. The second-order valence-corrected chi connectivity index (χ2v) is 5.58. The van der Waals surface area contributed by atoms with Crippen LogP contribution in [-0.2, 0) is 12.8 Å². The van der Waals surface area contributed by atoms with E-state index in [2.05, 4.69) is 20.9 Å². The molecule has 2 aromatic rings. The molecule has 0 radical (unpaired) electrons. The first-order valence-corrected chi connectivity index (χ1v) is 7.12. The molecule has 20 heavy (non-hydrogen) atoms. The molecule has 1 aliphatic rings. The van der Waals surface area contributed by atoms with Crippen molar-refractivity contribution >= 4 is 21.9 Å². The number of fused-ring (bicyclic) bond motifs is 1. The number of carbonyl (C=O) groups is 1. The molecule has 0 saturated heterocycles. The van der Waals surface area contributed by atoms with E-state index in [9.17, 15) is 9.90 Å². The van der Waals surface area contributed by atoms with Gasteiger partial charge in [0.05, 0.1) is 0 Å². The second kappa shape index (κ2) is 5.25. The van der Waals surface area contributed by atoms with Gasteiger partial charge in [-0.25, -0.2) is 9.78 Å². The first-order chi connectivity index (χ1) is 9.63. The lowest BCUT2D eigenvalue weighted by Crippen LogP contribution is -2.05. The minimum atomic E-state index is -1.02. The maximum atomic E-state index is 11.3. The molecular formula is C15H12BrNO3. The summed E-state index contributed by atoms with van der Waals surface area (Å²) < 4.78 is 6.52. The molecule has 0 unspecified atom stereocenters. The Balaban J connectivity index is 2.01. The van der Waals surface area contributed by atoms with E-state index < -0.39 is 5.97 Å². The molecule has 0 fully saturated rings. The van der Waals surface area contributed by atoms with Crippen LogP contribution in [-0.4, -0.2) is 16.1 Å². The van der Waals surface area contributed by atoms with Crippen LogP contribution >= 0.6 is 15.9 Å². The summed E-state index contributed by atoms with van der Waals surface area (Å²) in [5.41, 5.74) is 2.08. The van der Waals surface area contributed by atoms with Gasteiger partial charge in [0, 0.05) is 10.2 Å². The minimum Gasteiger partial charge on any atom is -0.477 e. The lowest BCUT2D eigenvalue weighted by molar-refractivity contribution is 0.0693. The van der Waals surface area contributed by atoms with Gasteiger partial charge in [0.15, 0.2) is 0 Å². The molecule has 1 heterocycles. The highest BCUT2D eigenvalue weighted by molar-refractivity contribution is 9.10. The largest absolute Gasteiger partial charge is 0.477 e. The van der Waals surface area contributed by atoms with Crippen molar-refractivity contribution in [2.75, 3.05) is 0 Å². The van der Waals surface area contributed by atoms with E-state index >= 15 is 0 Å². The summed E-state index contributed by atoms with van der Waals surface area (Å²) in [5.74, 6) is -0.291. The van der Waals surface area contributed by atoms with E-state index in [0.29, 0.717) is 5.75 Å². The Bertz CT molecular complexity index is 685. The Morgan fingerprint density at radius 3 is 2.90 bits per heavy atom. The number of pyridine rings is 1. The molecule has 1 aromatic heterocycles. The summed E-state index contributed by atoms with van der Waals surface area (Å²) in [6.07, 6.45) is 2.78. The Labute approximate surface area is 124 Å². The van der Waals surface area contributed by atoms with Gasteiger partial charge in [-0.05, 0) is 49.1 Å². The second-order valence-electron chi connectivity index (χ2n) is 4.67. The van der Waals surface area contributed by atoms with Crippen LogP contribution in [0.4, 0.5) is 0 Å². The van der Waals surface area contributed by atoms with Crippen LogP contribution in [0.1, 0.15) is 28.0 Å². The molecule has 4 nitrogen and oxygen atoms in total. The number of benzene rings is 1. The first kappa shape index (κ1) is 13.1. The standard InChI is InChI=1S/C15H12BrNO3/c16-10-4-2-5-11(8-10)20-14-12(15(18)19)7-9-3-1-6-13(9)17-14/h2,4-5,7-8H,1,3,6H2,(H,18,19). The summed E-state index contributed by atoms with van der Waals surface area (Å²) >= 11 is 3.36. The summed E-state index contributed by atoms with van der Waals surface area (Å²) in [6, 6.07) is 8.94. The highest BCUT2D eigenvalue weighted by Crippen LogP contribution is 2.30. The SMILES string of the molecule is O=C(O)c1cc2c(nc1Oc1cccc(Br)c1)CCC2. The fourth-order valence-corrected chi connectivity index (χ4v) is 2.70. The quantitative estimate of drug-likeness (QED) is 0.927. The predicted octanol–water partition coefficient (Wildman–Crippen LogP) is 3.82. The van der Waals surface area contributed by atoms with Crippen LogP contribution in [0.25, 0.3) is 0 Å². The minimum absolute atomic E-state index is 0.116. The summed E-state index contributed by atoms with van der Waals surface area (Å²) in [7, 11) is 0. The van der Waals surface area contributed by atoms with E-state index in [1.165, 1.54) is 0 Å². The van der Waals surface area contributed by atoms with Crippen LogP contribution < -0.4 is 4.74 Å². The average molecular weight is 334 g/mol. The Morgan fingerprint density at radius 1 is 1.30 bits per heavy atom. The number of carboxylic acid groups (broad SMARTS) is 1. The molecule has 0 spiro atoms. The number of nitrogens with zero attached hydrogens (tertiary/aromatic N) is 1. The molecule has 1 aliphatic carbocycles.